The van der Waals surface area contributed by atoms with E-state index in [1.54, 1.807) is 7.05 Å². The lowest BCUT2D eigenvalue weighted by Gasteiger charge is -2.11. The number of benzene rings is 1. The van der Waals surface area contributed by atoms with Crippen molar-refractivity contribution in [2.75, 3.05) is 19.3 Å². The van der Waals surface area contributed by atoms with E-state index in [1.807, 2.05) is 30.3 Å². The largest absolute Gasteiger partial charge is 0.355 e. The third-order valence-corrected chi connectivity index (χ3v) is 4.61. The van der Waals surface area contributed by atoms with Gasteiger partial charge in [0.2, 0.25) is 0 Å². The first kappa shape index (κ1) is 17.4. The van der Waals surface area contributed by atoms with E-state index in [-0.39, 0.29) is 24.0 Å². The Hall–Kier alpha value is -0.630. The molecule has 1 aromatic carbocycles. The van der Waals surface area contributed by atoms with Gasteiger partial charge in [-0.3, -0.25) is 9.20 Å². The lowest BCUT2D eigenvalue weighted by Crippen LogP contribution is -2.40. The summed E-state index contributed by atoms with van der Waals surface area (Å²) in [4.78, 5) is 5.05. The van der Waals surface area contributed by atoms with Crippen molar-refractivity contribution in [1.29, 1.82) is 0 Å². The monoisotopic (exact) mass is 407 g/mol. The number of nitrogens with one attached hydrogen (secondary N) is 2. The molecule has 0 heterocycles. The van der Waals surface area contributed by atoms with Gasteiger partial charge in [-0.2, -0.15) is 0 Å². The second-order valence-corrected chi connectivity index (χ2v) is 6.40. The molecule has 0 aromatic heterocycles. The molecule has 2 rings (SSSR count). The van der Waals surface area contributed by atoms with Crippen LogP contribution < -0.4 is 10.6 Å². The van der Waals surface area contributed by atoms with Crippen LogP contribution in [0.4, 0.5) is 0 Å². The molecule has 0 spiro atoms. The quantitative estimate of drug-likeness (QED) is 0.446. The first-order chi connectivity index (χ1) is 9.20. The zero-order valence-corrected chi connectivity index (χ0v) is 15.0. The van der Waals surface area contributed by atoms with E-state index in [0.29, 0.717) is 18.3 Å². The van der Waals surface area contributed by atoms with Gasteiger partial charge in [0.05, 0.1) is 10.8 Å². The molecule has 1 fully saturated rings. The van der Waals surface area contributed by atoms with Crippen LogP contribution in [0.15, 0.2) is 40.2 Å². The molecule has 0 amide bonds. The molecule has 4 nitrogen and oxygen atoms in total. The van der Waals surface area contributed by atoms with E-state index in [1.165, 1.54) is 6.42 Å². The summed E-state index contributed by atoms with van der Waals surface area (Å²) in [5.74, 6) is 2.13. The Labute approximate surface area is 140 Å². The summed E-state index contributed by atoms with van der Waals surface area (Å²) in [5, 5.41) is 6.55. The van der Waals surface area contributed by atoms with Crippen molar-refractivity contribution in [3.8, 4) is 0 Å². The fourth-order valence-corrected chi connectivity index (χ4v) is 2.83. The Bertz CT molecular complexity index is 467. The maximum absolute atomic E-state index is 12.0. The summed E-state index contributed by atoms with van der Waals surface area (Å²) < 4.78 is 12.0. The van der Waals surface area contributed by atoms with Gasteiger partial charge in [0.1, 0.15) is 0 Å². The Balaban J connectivity index is 0.00000200. The topological polar surface area (TPSA) is 53.5 Å². The summed E-state index contributed by atoms with van der Waals surface area (Å²) in [6.07, 6.45) is 1.21. The van der Waals surface area contributed by atoms with Crippen molar-refractivity contribution in [2.24, 2.45) is 10.9 Å². The van der Waals surface area contributed by atoms with Gasteiger partial charge in [0.15, 0.2) is 5.96 Å². The van der Waals surface area contributed by atoms with E-state index < -0.39 is 10.8 Å². The Morgan fingerprint density at radius 2 is 2.05 bits per heavy atom. The third kappa shape index (κ3) is 5.40. The molecule has 0 bridgehead atoms. The SMILES string of the molecule is CN=C(NCCS(=O)c1ccccc1)NC1CC1C.I. The van der Waals surface area contributed by atoms with Crippen LogP contribution in [0.1, 0.15) is 13.3 Å². The Morgan fingerprint density at radius 1 is 1.40 bits per heavy atom. The smallest absolute Gasteiger partial charge is 0.191 e. The number of aliphatic imine (C=N–C) groups is 1. The van der Waals surface area contributed by atoms with Gasteiger partial charge >= 0.3 is 0 Å². The molecule has 112 valence electrons. The van der Waals surface area contributed by atoms with Gasteiger partial charge < -0.3 is 10.6 Å². The van der Waals surface area contributed by atoms with Gasteiger partial charge in [-0.25, -0.2) is 0 Å². The molecular weight excluding hydrogens is 385 g/mol. The van der Waals surface area contributed by atoms with Gasteiger partial charge in [-0.15, -0.1) is 24.0 Å². The Kier molecular flexibility index (Phi) is 7.50. The number of hydrogen-bond acceptors (Lipinski definition) is 2. The molecule has 1 aliphatic rings. The zero-order chi connectivity index (χ0) is 13.7. The van der Waals surface area contributed by atoms with Gasteiger partial charge in [-0.05, 0) is 24.5 Å². The number of hydrogen-bond donors (Lipinski definition) is 2. The molecule has 0 radical (unpaired) electrons. The standard InChI is InChI=1S/C14H21N3OS.HI/c1-11-10-13(11)17-14(15-2)16-8-9-19(18)12-6-4-3-5-7-12;/h3-7,11,13H,8-10H2,1-2H3,(H2,15,16,17);1H. The number of nitrogens with zero attached hydrogens (tertiary/aromatic N) is 1. The second kappa shape index (κ2) is 8.61. The van der Waals surface area contributed by atoms with Crippen LogP contribution in [-0.2, 0) is 10.8 Å². The predicted molar refractivity (Wildman–Crippen MR) is 95.2 cm³/mol. The fourth-order valence-electron chi connectivity index (χ4n) is 1.85. The summed E-state index contributed by atoms with van der Waals surface area (Å²) in [6, 6.07) is 10.1. The van der Waals surface area contributed by atoms with Crippen molar-refractivity contribution in [3.63, 3.8) is 0 Å². The van der Waals surface area contributed by atoms with E-state index in [0.717, 1.165) is 16.8 Å². The molecule has 2 N–H and O–H groups in total. The zero-order valence-electron chi connectivity index (χ0n) is 11.8. The van der Waals surface area contributed by atoms with E-state index >= 15 is 0 Å². The molecule has 1 aromatic rings. The van der Waals surface area contributed by atoms with Gasteiger partial charge in [-0.1, -0.05) is 25.1 Å². The predicted octanol–water partition coefficient (Wildman–Crippen LogP) is 1.99. The maximum atomic E-state index is 12.0. The fraction of sp³-hybridized carbons (Fsp3) is 0.500. The van der Waals surface area contributed by atoms with E-state index in [4.69, 9.17) is 0 Å². The molecule has 3 unspecified atom stereocenters. The van der Waals surface area contributed by atoms with Crippen LogP contribution >= 0.6 is 24.0 Å². The minimum absolute atomic E-state index is 0. The summed E-state index contributed by atoms with van der Waals surface area (Å²) in [5.41, 5.74) is 0. The van der Waals surface area contributed by atoms with Crippen LogP contribution in [0.3, 0.4) is 0 Å². The normalized spacial score (nSPS) is 22.6. The van der Waals surface area contributed by atoms with Crippen LogP contribution in [0.25, 0.3) is 0 Å². The number of guanidine groups is 1. The number of halogens is 1. The maximum Gasteiger partial charge on any atom is 0.191 e. The molecule has 20 heavy (non-hydrogen) atoms. The molecule has 1 aliphatic carbocycles. The average molecular weight is 407 g/mol. The van der Waals surface area contributed by atoms with Crippen LogP contribution in [0.2, 0.25) is 0 Å². The van der Waals surface area contributed by atoms with Gasteiger partial charge in [0.25, 0.3) is 0 Å². The van der Waals surface area contributed by atoms with Gasteiger partial charge in [0, 0.05) is 30.3 Å². The highest BCUT2D eigenvalue weighted by Crippen LogP contribution is 2.28. The van der Waals surface area contributed by atoms with Crippen molar-refractivity contribution in [1.82, 2.24) is 10.6 Å². The lowest BCUT2D eigenvalue weighted by atomic mass is 10.4. The third-order valence-electron chi connectivity index (χ3n) is 3.24. The van der Waals surface area contributed by atoms with Crippen molar-refractivity contribution in [2.45, 2.75) is 24.3 Å². The first-order valence-corrected chi connectivity index (χ1v) is 7.93. The molecule has 6 heteroatoms. The minimum atomic E-state index is -0.951. The summed E-state index contributed by atoms with van der Waals surface area (Å²) in [7, 11) is 0.809. The second-order valence-electron chi connectivity index (χ2n) is 4.83. The van der Waals surface area contributed by atoms with Crippen LogP contribution in [0.5, 0.6) is 0 Å². The minimum Gasteiger partial charge on any atom is -0.355 e. The van der Waals surface area contributed by atoms with E-state index in [2.05, 4.69) is 22.5 Å². The molecule has 3 atom stereocenters. The van der Waals surface area contributed by atoms with Crippen LogP contribution in [-0.4, -0.2) is 35.6 Å². The number of rotatable bonds is 5. The molecular formula is C14H22IN3OS. The summed E-state index contributed by atoms with van der Waals surface area (Å²) >= 11 is 0. The van der Waals surface area contributed by atoms with Crippen LogP contribution in [0, 0.1) is 5.92 Å². The average Bonchev–Trinajstić information content (AvgIpc) is 3.13. The molecule has 0 saturated heterocycles. The van der Waals surface area contributed by atoms with Crippen molar-refractivity contribution in [3.05, 3.63) is 30.3 Å². The highest BCUT2D eigenvalue weighted by molar-refractivity contribution is 14.0. The van der Waals surface area contributed by atoms with Crippen molar-refractivity contribution >= 4 is 40.7 Å². The van der Waals surface area contributed by atoms with Crippen molar-refractivity contribution < 1.29 is 4.21 Å². The molecule has 1 saturated carbocycles. The molecule has 0 aliphatic heterocycles. The highest BCUT2D eigenvalue weighted by atomic mass is 127. The van der Waals surface area contributed by atoms with E-state index in [9.17, 15) is 4.21 Å². The summed E-state index contributed by atoms with van der Waals surface area (Å²) in [6.45, 7) is 2.87. The Morgan fingerprint density at radius 3 is 2.60 bits per heavy atom. The first-order valence-electron chi connectivity index (χ1n) is 6.61. The highest BCUT2D eigenvalue weighted by Gasteiger charge is 2.33. The lowest BCUT2D eigenvalue weighted by molar-refractivity contribution is 0.681.